The summed E-state index contributed by atoms with van der Waals surface area (Å²) in [6.07, 6.45) is 2.65. The molecule has 0 atom stereocenters. The van der Waals surface area contributed by atoms with Crippen LogP contribution >= 0.6 is 0 Å². The van der Waals surface area contributed by atoms with E-state index < -0.39 is 12.7 Å². The maximum Gasteiger partial charge on any atom is 0.401 e. The van der Waals surface area contributed by atoms with Gasteiger partial charge in [-0.25, -0.2) is 0 Å². The molecule has 0 aliphatic heterocycles. The van der Waals surface area contributed by atoms with Gasteiger partial charge >= 0.3 is 6.18 Å². The van der Waals surface area contributed by atoms with Crippen molar-refractivity contribution in [1.82, 2.24) is 15.5 Å². The molecule has 1 aliphatic carbocycles. The highest BCUT2D eigenvalue weighted by Gasteiger charge is 2.28. The van der Waals surface area contributed by atoms with Gasteiger partial charge in [0.25, 0.3) is 0 Å². The molecule has 0 aromatic rings. The number of nitrogens with one attached hydrogen (secondary N) is 2. The highest BCUT2D eigenvalue weighted by Crippen LogP contribution is 2.17. The zero-order valence-electron chi connectivity index (χ0n) is 13.0. The van der Waals surface area contributed by atoms with Gasteiger partial charge in [0.1, 0.15) is 0 Å². The van der Waals surface area contributed by atoms with Gasteiger partial charge in [-0.15, -0.1) is 0 Å². The second-order valence-electron chi connectivity index (χ2n) is 5.68. The number of nitrogens with zero attached hydrogens (tertiary/aromatic N) is 2. The summed E-state index contributed by atoms with van der Waals surface area (Å²) in [6.45, 7) is 0.170. The van der Waals surface area contributed by atoms with Crippen LogP contribution in [0.3, 0.4) is 0 Å². The number of rotatable bonds is 6. The Balaban J connectivity index is 2.14. The van der Waals surface area contributed by atoms with Crippen molar-refractivity contribution in [1.29, 1.82) is 0 Å². The fraction of sp³-hybridized carbons (Fsp3) is 0.929. The molecule has 1 rings (SSSR count). The first-order chi connectivity index (χ1) is 9.90. The molecule has 7 heteroatoms. The van der Waals surface area contributed by atoms with Crippen LogP contribution in [0.1, 0.15) is 38.5 Å². The monoisotopic (exact) mass is 308 g/mol. The Morgan fingerprint density at radius 3 is 2.48 bits per heavy atom. The molecule has 0 aromatic heterocycles. The molecule has 2 N–H and O–H groups in total. The largest absolute Gasteiger partial charge is 0.401 e. The molecule has 0 unspecified atom stereocenters. The van der Waals surface area contributed by atoms with Gasteiger partial charge in [0.2, 0.25) is 0 Å². The van der Waals surface area contributed by atoms with Gasteiger partial charge in [0.05, 0.1) is 6.54 Å². The van der Waals surface area contributed by atoms with Crippen LogP contribution in [-0.2, 0) is 0 Å². The summed E-state index contributed by atoms with van der Waals surface area (Å²) >= 11 is 0. The second-order valence-corrected chi connectivity index (χ2v) is 5.68. The number of guanidine groups is 1. The predicted molar refractivity (Wildman–Crippen MR) is 79.5 cm³/mol. The minimum absolute atomic E-state index is 0.410. The van der Waals surface area contributed by atoms with Gasteiger partial charge in [-0.05, 0) is 32.9 Å². The molecule has 4 nitrogen and oxygen atoms in total. The fourth-order valence-corrected chi connectivity index (χ4v) is 2.58. The Bertz CT molecular complexity index is 312. The molecule has 21 heavy (non-hydrogen) atoms. The van der Waals surface area contributed by atoms with E-state index in [2.05, 4.69) is 15.6 Å². The van der Waals surface area contributed by atoms with Crippen LogP contribution < -0.4 is 10.6 Å². The maximum atomic E-state index is 12.2. The first-order valence-corrected chi connectivity index (χ1v) is 7.63. The van der Waals surface area contributed by atoms with E-state index in [0.29, 0.717) is 25.6 Å². The summed E-state index contributed by atoms with van der Waals surface area (Å²) in [4.78, 5) is 5.45. The molecule has 0 radical (unpaired) electrons. The van der Waals surface area contributed by atoms with E-state index in [1.165, 1.54) is 31.2 Å². The molecule has 0 heterocycles. The third-order valence-corrected chi connectivity index (χ3v) is 3.63. The SMILES string of the molecule is CN=C(NCCCN(C)CC(F)(F)F)NC1CCCCC1. The van der Waals surface area contributed by atoms with Crippen molar-refractivity contribution in [3.63, 3.8) is 0 Å². The first kappa shape index (κ1) is 18.1. The lowest BCUT2D eigenvalue weighted by Crippen LogP contribution is -2.44. The van der Waals surface area contributed by atoms with E-state index in [1.54, 1.807) is 7.05 Å². The first-order valence-electron chi connectivity index (χ1n) is 7.63. The summed E-state index contributed by atoms with van der Waals surface area (Å²) in [5.74, 6) is 0.750. The zero-order chi connectivity index (χ0) is 15.7. The lowest BCUT2D eigenvalue weighted by atomic mass is 9.96. The van der Waals surface area contributed by atoms with Crippen LogP contribution in [0, 0.1) is 0 Å². The summed E-state index contributed by atoms with van der Waals surface area (Å²) in [6, 6.07) is 0.470. The molecule has 0 bridgehead atoms. The molecule has 0 amide bonds. The second kappa shape index (κ2) is 9.12. The molecule has 0 saturated heterocycles. The Labute approximate surface area is 125 Å². The normalized spacial score (nSPS) is 18.1. The van der Waals surface area contributed by atoms with Gasteiger partial charge in [0, 0.05) is 19.6 Å². The van der Waals surface area contributed by atoms with Crippen molar-refractivity contribution in [2.24, 2.45) is 4.99 Å². The van der Waals surface area contributed by atoms with E-state index in [0.717, 1.165) is 18.8 Å². The van der Waals surface area contributed by atoms with Crippen LogP contribution in [0.15, 0.2) is 4.99 Å². The van der Waals surface area contributed by atoms with Crippen LogP contribution in [0.25, 0.3) is 0 Å². The number of hydrogen-bond acceptors (Lipinski definition) is 2. The van der Waals surface area contributed by atoms with Crippen molar-refractivity contribution in [3.8, 4) is 0 Å². The number of halogens is 3. The highest BCUT2D eigenvalue weighted by molar-refractivity contribution is 5.79. The van der Waals surface area contributed by atoms with E-state index in [9.17, 15) is 13.2 Å². The predicted octanol–water partition coefficient (Wildman–Crippen LogP) is 2.37. The Morgan fingerprint density at radius 1 is 1.24 bits per heavy atom. The Hall–Kier alpha value is -0.980. The van der Waals surface area contributed by atoms with Gasteiger partial charge in [-0.2, -0.15) is 13.2 Å². The average molecular weight is 308 g/mol. The summed E-state index contributed by atoms with van der Waals surface area (Å²) in [5, 5.41) is 6.54. The van der Waals surface area contributed by atoms with Gasteiger partial charge in [-0.3, -0.25) is 9.89 Å². The highest BCUT2D eigenvalue weighted by atomic mass is 19.4. The molecule has 1 fully saturated rings. The molecule has 1 saturated carbocycles. The summed E-state index contributed by atoms with van der Waals surface area (Å²) in [7, 11) is 3.20. The number of hydrogen-bond donors (Lipinski definition) is 2. The van der Waals surface area contributed by atoms with Crippen LogP contribution in [0.4, 0.5) is 13.2 Å². The van der Waals surface area contributed by atoms with Crippen molar-refractivity contribution in [2.45, 2.75) is 50.7 Å². The molecular formula is C14H27F3N4. The van der Waals surface area contributed by atoms with E-state index >= 15 is 0 Å². The molecule has 1 aliphatic rings. The zero-order valence-corrected chi connectivity index (χ0v) is 13.0. The quantitative estimate of drug-likeness (QED) is 0.449. The Morgan fingerprint density at radius 2 is 1.90 bits per heavy atom. The van der Waals surface area contributed by atoms with Crippen LogP contribution in [0.5, 0.6) is 0 Å². The minimum Gasteiger partial charge on any atom is -0.356 e. The average Bonchev–Trinajstić information content (AvgIpc) is 2.41. The van der Waals surface area contributed by atoms with Crippen LogP contribution in [-0.4, -0.2) is 56.8 Å². The van der Waals surface area contributed by atoms with Crippen molar-refractivity contribution < 1.29 is 13.2 Å². The van der Waals surface area contributed by atoms with Gasteiger partial charge in [-0.1, -0.05) is 19.3 Å². The van der Waals surface area contributed by atoms with E-state index in [1.807, 2.05) is 0 Å². The molecular weight excluding hydrogens is 281 g/mol. The van der Waals surface area contributed by atoms with Crippen LogP contribution in [0.2, 0.25) is 0 Å². The molecule has 0 spiro atoms. The van der Waals surface area contributed by atoms with Crippen molar-refractivity contribution in [2.75, 3.05) is 33.7 Å². The topological polar surface area (TPSA) is 39.7 Å². The minimum atomic E-state index is -4.12. The van der Waals surface area contributed by atoms with Gasteiger partial charge in [0.15, 0.2) is 5.96 Å². The lowest BCUT2D eigenvalue weighted by Gasteiger charge is -2.25. The molecule has 124 valence electrons. The third kappa shape index (κ3) is 8.80. The maximum absolute atomic E-state index is 12.2. The van der Waals surface area contributed by atoms with E-state index in [-0.39, 0.29) is 0 Å². The molecule has 0 aromatic carbocycles. The van der Waals surface area contributed by atoms with Gasteiger partial charge < -0.3 is 10.6 Å². The third-order valence-electron chi connectivity index (χ3n) is 3.63. The summed E-state index contributed by atoms with van der Waals surface area (Å²) in [5.41, 5.74) is 0. The van der Waals surface area contributed by atoms with Crippen molar-refractivity contribution >= 4 is 5.96 Å². The lowest BCUT2D eigenvalue weighted by molar-refractivity contribution is -0.143. The van der Waals surface area contributed by atoms with E-state index in [4.69, 9.17) is 0 Å². The number of alkyl halides is 3. The summed E-state index contributed by atoms with van der Waals surface area (Å²) < 4.78 is 36.5. The fourth-order valence-electron chi connectivity index (χ4n) is 2.58. The Kier molecular flexibility index (Phi) is 7.85. The smallest absolute Gasteiger partial charge is 0.356 e. The number of aliphatic imine (C=N–C) groups is 1. The standard InChI is InChI=1S/C14H27F3N4/c1-18-13(20-12-7-4-3-5-8-12)19-9-6-10-21(2)11-14(15,16)17/h12H,3-11H2,1-2H3,(H2,18,19,20). The van der Waals surface area contributed by atoms with Crippen molar-refractivity contribution in [3.05, 3.63) is 0 Å².